The van der Waals surface area contributed by atoms with Crippen molar-refractivity contribution in [2.24, 2.45) is 0 Å². The van der Waals surface area contributed by atoms with Gasteiger partial charge in [0.2, 0.25) is 15.9 Å². The van der Waals surface area contributed by atoms with E-state index in [1.807, 2.05) is 18.2 Å². The molecule has 0 aliphatic carbocycles. The second-order valence-corrected chi connectivity index (χ2v) is 9.76. The van der Waals surface area contributed by atoms with Gasteiger partial charge in [-0.15, -0.1) is 0 Å². The fraction of sp³-hybridized carbons (Fsp3) is 0.278. The average molecular weight is 465 g/mol. The van der Waals surface area contributed by atoms with Gasteiger partial charge in [-0.05, 0) is 35.9 Å². The number of sulfonamides is 1. The molecule has 1 N–H and O–H groups in total. The van der Waals surface area contributed by atoms with Crippen molar-refractivity contribution in [2.75, 3.05) is 29.4 Å². The zero-order valence-electron chi connectivity index (χ0n) is 15.0. The van der Waals surface area contributed by atoms with Crippen LogP contribution in [0.1, 0.15) is 5.56 Å². The van der Waals surface area contributed by atoms with Gasteiger partial charge in [-0.25, -0.2) is 12.8 Å². The predicted molar refractivity (Wildman–Crippen MR) is 114 cm³/mol. The van der Waals surface area contributed by atoms with Gasteiger partial charge < -0.3 is 5.32 Å². The van der Waals surface area contributed by atoms with E-state index in [0.717, 1.165) is 27.9 Å². The summed E-state index contributed by atoms with van der Waals surface area (Å²) in [7, 11) is -3.74. The van der Waals surface area contributed by atoms with Gasteiger partial charge in [-0.3, -0.25) is 9.10 Å². The van der Waals surface area contributed by atoms with Gasteiger partial charge in [0.05, 0.1) is 17.0 Å². The molecule has 0 unspecified atom stereocenters. The third-order valence-corrected chi connectivity index (χ3v) is 6.30. The van der Waals surface area contributed by atoms with Crippen LogP contribution in [0.4, 0.5) is 10.1 Å². The van der Waals surface area contributed by atoms with Gasteiger partial charge in [0, 0.05) is 23.1 Å². The van der Waals surface area contributed by atoms with Crippen molar-refractivity contribution >= 4 is 56.6 Å². The summed E-state index contributed by atoms with van der Waals surface area (Å²) in [6.45, 7) is -0.0361. The van der Waals surface area contributed by atoms with Crippen LogP contribution in [0.5, 0.6) is 0 Å². The Balaban J connectivity index is 1.85. The minimum atomic E-state index is -3.74. The van der Waals surface area contributed by atoms with Gasteiger partial charge >= 0.3 is 0 Å². The highest BCUT2D eigenvalue weighted by Gasteiger charge is 2.21. The molecule has 2 aromatic carbocycles. The van der Waals surface area contributed by atoms with Crippen molar-refractivity contribution in [3.05, 3.63) is 63.9 Å². The molecule has 0 saturated heterocycles. The zero-order chi connectivity index (χ0) is 20.7. The van der Waals surface area contributed by atoms with Crippen LogP contribution in [0.15, 0.2) is 42.5 Å². The van der Waals surface area contributed by atoms with Crippen LogP contribution in [0.2, 0.25) is 10.0 Å². The Labute approximate surface area is 178 Å². The largest absolute Gasteiger partial charge is 0.354 e. The molecular weight excluding hydrogens is 446 g/mol. The van der Waals surface area contributed by atoms with Crippen molar-refractivity contribution < 1.29 is 17.6 Å². The van der Waals surface area contributed by atoms with Crippen LogP contribution in [0.25, 0.3) is 0 Å². The third-order valence-electron chi connectivity index (χ3n) is 3.61. The molecule has 28 heavy (non-hydrogen) atoms. The van der Waals surface area contributed by atoms with Crippen LogP contribution in [-0.4, -0.2) is 39.4 Å². The number of carbonyl (C=O) groups is 1. The summed E-state index contributed by atoms with van der Waals surface area (Å²) >= 11 is 13.3. The number of hydrogen-bond acceptors (Lipinski definition) is 4. The molecule has 0 atom stereocenters. The Morgan fingerprint density at radius 1 is 1.21 bits per heavy atom. The maximum atomic E-state index is 13.3. The van der Waals surface area contributed by atoms with E-state index in [-0.39, 0.29) is 10.7 Å². The van der Waals surface area contributed by atoms with Gasteiger partial charge in [0.15, 0.2) is 0 Å². The number of nitrogens with one attached hydrogen (secondary N) is 1. The number of benzene rings is 2. The number of carbonyl (C=O) groups excluding carboxylic acids is 1. The second kappa shape index (κ2) is 10.3. The summed E-state index contributed by atoms with van der Waals surface area (Å²) in [5.41, 5.74) is 1.21. The van der Waals surface area contributed by atoms with Crippen molar-refractivity contribution in [2.45, 2.75) is 5.75 Å². The molecule has 2 aromatic rings. The summed E-state index contributed by atoms with van der Waals surface area (Å²) in [6, 6.07) is 11.0. The lowest BCUT2D eigenvalue weighted by Crippen LogP contribution is -2.41. The predicted octanol–water partition coefficient (Wildman–Crippen LogP) is 3.95. The SMILES string of the molecule is CS(=O)(=O)N(CC(=O)NCCSCc1cccc(Cl)c1)c1ccc(F)c(Cl)c1. The summed E-state index contributed by atoms with van der Waals surface area (Å²) in [6.07, 6.45) is 0.971. The van der Waals surface area contributed by atoms with E-state index in [4.69, 9.17) is 23.2 Å². The van der Waals surface area contributed by atoms with Crippen LogP contribution in [0, 0.1) is 5.82 Å². The third kappa shape index (κ3) is 7.16. The lowest BCUT2D eigenvalue weighted by molar-refractivity contribution is -0.119. The summed E-state index contributed by atoms with van der Waals surface area (Å²) < 4.78 is 38.2. The van der Waals surface area contributed by atoms with Crippen molar-refractivity contribution in [1.82, 2.24) is 5.32 Å². The highest BCUT2D eigenvalue weighted by atomic mass is 35.5. The molecule has 0 heterocycles. The monoisotopic (exact) mass is 464 g/mol. The quantitative estimate of drug-likeness (QED) is 0.570. The first-order valence-corrected chi connectivity index (χ1v) is 11.9. The zero-order valence-corrected chi connectivity index (χ0v) is 18.1. The molecule has 0 fully saturated rings. The molecule has 0 aliphatic heterocycles. The summed E-state index contributed by atoms with van der Waals surface area (Å²) in [5, 5.41) is 3.14. The molecular formula is C18H19Cl2FN2O3S2. The molecule has 5 nitrogen and oxygen atoms in total. The van der Waals surface area contributed by atoms with Crippen LogP contribution >= 0.6 is 35.0 Å². The fourth-order valence-electron chi connectivity index (χ4n) is 2.31. The first-order chi connectivity index (χ1) is 13.2. The van der Waals surface area contributed by atoms with E-state index in [1.54, 1.807) is 17.8 Å². The molecule has 0 radical (unpaired) electrons. The van der Waals surface area contributed by atoms with Crippen molar-refractivity contribution in [3.8, 4) is 0 Å². The number of amides is 1. The molecule has 152 valence electrons. The number of nitrogens with zero attached hydrogens (tertiary/aromatic N) is 1. The summed E-state index contributed by atoms with van der Waals surface area (Å²) in [4.78, 5) is 12.2. The van der Waals surface area contributed by atoms with E-state index >= 15 is 0 Å². The fourth-order valence-corrected chi connectivity index (χ4v) is 4.35. The van der Waals surface area contributed by atoms with Gasteiger partial charge in [-0.2, -0.15) is 11.8 Å². The van der Waals surface area contributed by atoms with E-state index in [1.165, 1.54) is 12.1 Å². The van der Waals surface area contributed by atoms with Gasteiger partial charge in [0.25, 0.3) is 0 Å². The molecule has 0 aromatic heterocycles. The molecule has 0 spiro atoms. The van der Waals surface area contributed by atoms with Crippen molar-refractivity contribution in [1.29, 1.82) is 0 Å². The maximum absolute atomic E-state index is 13.3. The van der Waals surface area contributed by atoms with Crippen molar-refractivity contribution in [3.63, 3.8) is 0 Å². The number of halogens is 3. The first kappa shape index (κ1) is 22.8. The molecule has 1 amide bonds. The second-order valence-electron chi connectivity index (χ2n) is 5.90. The maximum Gasteiger partial charge on any atom is 0.240 e. The van der Waals surface area contributed by atoms with E-state index in [9.17, 15) is 17.6 Å². The van der Waals surface area contributed by atoms with E-state index < -0.39 is 28.3 Å². The lowest BCUT2D eigenvalue weighted by Gasteiger charge is -2.22. The Bertz CT molecular complexity index is 942. The Kier molecular flexibility index (Phi) is 8.42. The van der Waals surface area contributed by atoms with E-state index in [2.05, 4.69) is 5.32 Å². The molecule has 0 saturated carbocycles. The minimum absolute atomic E-state index is 0.124. The smallest absolute Gasteiger partial charge is 0.240 e. The molecule has 2 rings (SSSR count). The minimum Gasteiger partial charge on any atom is -0.354 e. The topological polar surface area (TPSA) is 66.5 Å². The van der Waals surface area contributed by atoms with Gasteiger partial charge in [0.1, 0.15) is 12.4 Å². The highest BCUT2D eigenvalue weighted by molar-refractivity contribution is 7.98. The standard InChI is InChI=1S/C18H19Cl2FN2O3S2/c1-28(25,26)23(15-5-6-17(21)16(20)10-15)11-18(24)22-7-8-27-12-13-3-2-4-14(19)9-13/h2-6,9-10H,7-8,11-12H2,1H3,(H,22,24). The van der Waals surface area contributed by atoms with Crippen LogP contribution < -0.4 is 9.62 Å². The normalized spacial score (nSPS) is 11.3. The molecule has 10 heteroatoms. The number of thioether (sulfide) groups is 1. The molecule has 0 bridgehead atoms. The number of anilines is 1. The Morgan fingerprint density at radius 3 is 2.61 bits per heavy atom. The first-order valence-electron chi connectivity index (χ1n) is 8.18. The molecule has 0 aliphatic rings. The Morgan fingerprint density at radius 2 is 1.96 bits per heavy atom. The summed E-state index contributed by atoms with van der Waals surface area (Å²) in [5.74, 6) is 0.272. The average Bonchev–Trinajstić information content (AvgIpc) is 2.61. The van der Waals surface area contributed by atoms with E-state index in [0.29, 0.717) is 17.3 Å². The number of rotatable bonds is 9. The van der Waals surface area contributed by atoms with Crippen LogP contribution in [-0.2, 0) is 20.6 Å². The number of hydrogen-bond donors (Lipinski definition) is 1. The lowest BCUT2D eigenvalue weighted by atomic mass is 10.2. The van der Waals surface area contributed by atoms with Crippen LogP contribution in [0.3, 0.4) is 0 Å². The van der Waals surface area contributed by atoms with Gasteiger partial charge in [-0.1, -0.05) is 35.3 Å². The highest BCUT2D eigenvalue weighted by Crippen LogP contribution is 2.24. The Hall–Kier alpha value is -1.48.